The highest BCUT2D eigenvalue weighted by molar-refractivity contribution is 8.04. The van der Waals surface area contributed by atoms with Gasteiger partial charge in [0.15, 0.2) is 0 Å². The maximum absolute atomic E-state index is 13.0. The molecule has 2 heterocycles. The molecule has 0 unspecified atom stereocenters. The minimum atomic E-state index is -0.501. The van der Waals surface area contributed by atoms with E-state index in [1.165, 1.54) is 40.9 Å². The van der Waals surface area contributed by atoms with Gasteiger partial charge in [0.1, 0.15) is 0 Å². The predicted molar refractivity (Wildman–Crippen MR) is 103 cm³/mol. The van der Waals surface area contributed by atoms with Crippen LogP contribution in [-0.2, 0) is 16.1 Å². The Balaban J connectivity index is 1.99. The summed E-state index contributed by atoms with van der Waals surface area (Å²) in [5.41, 5.74) is 1.52. The van der Waals surface area contributed by atoms with E-state index < -0.39 is 10.8 Å². The molecule has 0 aliphatic carbocycles. The normalized spacial score (nSPS) is 14.4. The summed E-state index contributed by atoms with van der Waals surface area (Å²) in [7, 11) is 0. The van der Waals surface area contributed by atoms with E-state index in [0.717, 1.165) is 5.56 Å². The molecule has 1 aromatic carbocycles. The number of rotatable bonds is 6. The molecule has 2 aromatic rings. The first kappa shape index (κ1) is 18.8. The van der Waals surface area contributed by atoms with Crippen molar-refractivity contribution >= 4 is 34.8 Å². The molecule has 0 saturated carbocycles. The highest BCUT2D eigenvalue weighted by Gasteiger charge is 2.39. The van der Waals surface area contributed by atoms with E-state index in [-0.39, 0.29) is 23.4 Å². The second-order valence-electron chi connectivity index (χ2n) is 6.23. The van der Waals surface area contributed by atoms with E-state index >= 15 is 0 Å². The number of non-ortho nitro benzene ring substituents is 1. The van der Waals surface area contributed by atoms with Crippen LogP contribution in [0.25, 0.3) is 5.57 Å². The number of hydrogen-bond acceptors (Lipinski definition) is 6. The van der Waals surface area contributed by atoms with E-state index in [9.17, 15) is 19.7 Å². The lowest BCUT2D eigenvalue weighted by Crippen LogP contribution is -2.31. The Kier molecular flexibility index (Phi) is 5.36. The lowest BCUT2D eigenvalue weighted by Gasteiger charge is -2.15. The molecule has 1 aromatic heterocycles. The molecule has 0 radical (unpaired) electrons. The number of benzene rings is 1. The van der Waals surface area contributed by atoms with Gasteiger partial charge in [-0.1, -0.05) is 13.8 Å². The monoisotopic (exact) mass is 383 g/mol. The van der Waals surface area contributed by atoms with Crippen molar-refractivity contribution in [3.05, 3.63) is 74.9 Å². The van der Waals surface area contributed by atoms with Crippen LogP contribution in [0.15, 0.2) is 53.7 Å². The van der Waals surface area contributed by atoms with Gasteiger partial charge in [-0.3, -0.25) is 29.6 Å². The molecular formula is C19H17N3O4S. The van der Waals surface area contributed by atoms with Crippen molar-refractivity contribution in [3.8, 4) is 0 Å². The fourth-order valence-corrected chi connectivity index (χ4v) is 3.72. The minimum Gasteiger partial charge on any atom is -0.269 e. The van der Waals surface area contributed by atoms with Gasteiger partial charge in [0, 0.05) is 29.8 Å². The van der Waals surface area contributed by atoms with E-state index in [2.05, 4.69) is 4.98 Å². The third-order valence-electron chi connectivity index (χ3n) is 3.94. The van der Waals surface area contributed by atoms with Crippen LogP contribution in [0.4, 0.5) is 5.69 Å². The number of carbonyl (C=O) groups excluding carboxylic acids is 2. The molecule has 8 heteroatoms. The third-order valence-corrected chi connectivity index (χ3v) is 5.02. The number of carbonyl (C=O) groups is 2. The first-order valence-electron chi connectivity index (χ1n) is 8.29. The number of nitro benzene ring substituents is 1. The molecule has 27 heavy (non-hydrogen) atoms. The van der Waals surface area contributed by atoms with E-state index in [1.54, 1.807) is 24.5 Å². The molecule has 1 aliphatic heterocycles. The number of aromatic nitrogens is 1. The zero-order chi connectivity index (χ0) is 19.6. The summed E-state index contributed by atoms with van der Waals surface area (Å²) in [6.45, 7) is 4.03. The van der Waals surface area contributed by atoms with Crippen LogP contribution in [0.3, 0.4) is 0 Å². The molecule has 0 saturated heterocycles. The zero-order valence-electron chi connectivity index (χ0n) is 14.8. The van der Waals surface area contributed by atoms with E-state index in [1.807, 2.05) is 13.8 Å². The Bertz CT molecular complexity index is 924. The standard InChI is InChI=1S/C19H17N3O4S/c1-12(2)27-17-16(14-3-5-15(6-4-14)22(25)26)18(23)21(19(17)24)11-13-7-9-20-10-8-13/h3-10,12H,11H2,1-2H3. The summed E-state index contributed by atoms with van der Waals surface area (Å²) in [6.07, 6.45) is 3.21. The van der Waals surface area contributed by atoms with Crippen LogP contribution in [0.2, 0.25) is 0 Å². The number of amides is 2. The van der Waals surface area contributed by atoms with E-state index in [4.69, 9.17) is 0 Å². The SMILES string of the molecule is CC(C)SC1=C(c2ccc([N+](=O)[O-])cc2)C(=O)N(Cc2ccncc2)C1=O. The topological polar surface area (TPSA) is 93.4 Å². The van der Waals surface area contributed by atoms with Crippen molar-refractivity contribution in [2.45, 2.75) is 25.6 Å². The number of imide groups is 1. The Hall–Kier alpha value is -3.00. The van der Waals surface area contributed by atoms with Crippen molar-refractivity contribution in [3.63, 3.8) is 0 Å². The molecular weight excluding hydrogens is 366 g/mol. The first-order chi connectivity index (χ1) is 12.9. The molecule has 0 spiro atoms. The van der Waals surface area contributed by atoms with Crippen LogP contribution in [-0.4, -0.2) is 31.9 Å². The van der Waals surface area contributed by atoms with Crippen molar-refractivity contribution in [1.82, 2.24) is 9.88 Å². The van der Waals surface area contributed by atoms with Crippen molar-refractivity contribution < 1.29 is 14.5 Å². The first-order valence-corrected chi connectivity index (χ1v) is 9.17. The average molecular weight is 383 g/mol. The van der Waals surface area contributed by atoms with Gasteiger partial charge in [0.2, 0.25) is 0 Å². The summed E-state index contributed by atoms with van der Waals surface area (Å²) in [6, 6.07) is 9.19. The molecule has 0 atom stereocenters. The maximum atomic E-state index is 13.0. The quantitative estimate of drug-likeness (QED) is 0.431. The third kappa shape index (κ3) is 3.90. The second kappa shape index (κ2) is 7.71. The predicted octanol–water partition coefficient (Wildman–Crippen LogP) is 3.41. The van der Waals surface area contributed by atoms with Crippen molar-refractivity contribution in [2.75, 3.05) is 0 Å². The molecule has 2 amide bonds. The molecule has 0 fully saturated rings. The van der Waals surface area contributed by atoms with Gasteiger partial charge < -0.3 is 0 Å². The van der Waals surface area contributed by atoms with Gasteiger partial charge in [-0.25, -0.2) is 0 Å². The van der Waals surface area contributed by atoms with Gasteiger partial charge in [-0.2, -0.15) is 0 Å². The second-order valence-corrected chi connectivity index (χ2v) is 7.81. The lowest BCUT2D eigenvalue weighted by atomic mass is 10.1. The Morgan fingerprint density at radius 2 is 1.70 bits per heavy atom. The minimum absolute atomic E-state index is 0.0668. The van der Waals surface area contributed by atoms with Crippen LogP contribution < -0.4 is 0 Å². The summed E-state index contributed by atoms with van der Waals surface area (Å²) < 4.78 is 0. The summed E-state index contributed by atoms with van der Waals surface area (Å²) in [5, 5.41) is 11.0. The fourth-order valence-electron chi connectivity index (χ4n) is 2.72. The van der Waals surface area contributed by atoms with Crippen molar-refractivity contribution in [1.29, 1.82) is 0 Å². The van der Waals surface area contributed by atoms with Gasteiger partial charge >= 0.3 is 0 Å². The number of thioether (sulfide) groups is 1. The Labute approximate surface area is 160 Å². The largest absolute Gasteiger partial charge is 0.269 e. The van der Waals surface area contributed by atoms with Crippen LogP contribution in [0, 0.1) is 10.1 Å². The number of hydrogen-bond donors (Lipinski definition) is 0. The highest BCUT2D eigenvalue weighted by Crippen LogP contribution is 2.38. The van der Waals surface area contributed by atoms with Gasteiger partial charge in [0.05, 0.1) is 21.9 Å². The highest BCUT2D eigenvalue weighted by atomic mass is 32.2. The Morgan fingerprint density at radius 1 is 1.07 bits per heavy atom. The van der Waals surface area contributed by atoms with Gasteiger partial charge in [-0.05, 0) is 35.4 Å². The summed E-state index contributed by atoms with van der Waals surface area (Å²) in [5.74, 6) is -0.738. The summed E-state index contributed by atoms with van der Waals surface area (Å²) >= 11 is 1.32. The molecule has 3 rings (SSSR count). The lowest BCUT2D eigenvalue weighted by molar-refractivity contribution is -0.384. The van der Waals surface area contributed by atoms with Crippen LogP contribution in [0.5, 0.6) is 0 Å². The number of nitrogens with zero attached hydrogens (tertiary/aromatic N) is 3. The fraction of sp³-hybridized carbons (Fsp3) is 0.211. The molecule has 0 bridgehead atoms. The molecule has 138 valence electrons. The summed E-state index contributed by atoms with van der Waals surface area (Å²) in [4.78, 5) is 41.8. The van der Waals surface area contributed by atoms with Crippen LogP contribution in [0.1, 0.15) is 25.0 Å². The van der Waals surface area contributed by atoms with Crippen LogP contribution >= 0.6 is 11.8 Å². The van der Waals surface area contributed by atoms with E-state index in [0.29, 0.717) is 16.0 Å². The Morgan fingerprint density at radius 3 is 2.26 bits per heavy atom. The maximum Gasteiger partial charge on any atom is 0.269 e. The molecule has 1 aliphatic rings. The van der Waals surface area contributed by atoms with Gasteiger partial charge in [-0.15, -0.1) is 11.8 Å². The molecule has 7 nitrogen and oxygen atoms in total. The van der Waals surface area contributed by atoms with Crippen molar-refractivity contribution in [2.24, 2.45) is 0 Å². The number of nitro groups is 1. The average Bonchev–Trinajstić information content (AvgIpc) is 2.86. The number of pyridine rings is 1. The smallest absolute Gasteiger partial charge is 0.269 e. The molecule has 0 N–H and O–H groups in total. The van der Waals surface area contributed by atoms with Gasteiger partial charge in [0.25, 0.3) is 17.5 Å². The zero-order valence-corrected chi connectivity index (χ0v) is 15.6.